The molecule has 10 heteroatoms. The highest BCUT2D eigenvalue weighted by atomic mass is 19.4. The molecule has 0 fully saturated rings. The molecule has 138 valence electrons. The molecule has 0 N–H and O–H groups in total. The Morgan fingerprint density at radius 1 is 0.964 bits per heavy atom. The Morgan fingerprint density at radius 3 is 2.57 bits per heavy atom. The van der Waals surface area contributed by atoms with E-state index in [1.807, 2.05) is 0 Å². The van der Waals surface area contributed by atoms with Crippen LogP contribution in [0.3, 0.4) is 0 Å². The molecule has 0 aliphatic carbocycles. The fourth-order valence-electron chi connectivity index (χ4n) is 3.00. The molecule has 5 heterocycles. The summed E-state index contributed by atoms with van der Waals surface area (Å²) < 4.78 is 47.8. The van der Waals surface area contributed by atoms with Crippen LogP contribution in [0.1, 0.15) is 5.56 Å². The number of alkyl halides is 3. The van der Waals surface area contributed by atoms with Crippen LogP contribution in [0.15, 0.2) is 59.6 Å². The van der Waals surface area contributed by atoms with Crippen molar-refractivity contribution in [2.75, 3.05) is 0 Å². The average molecular weight is 382 g/mol. The smallest absolute Gasteiger partial charge is 0.417 e. The van der Waals surface area contributed by atoms with Crippen LogP contribution in [0.2, 0.25) is 0 Å². The van der Waals surface area contributed by atoms with Crippen molar-refractivity contribution in [1.29, 1.82) is 0 Å². The molecule has 5 aromatic rings. The summed E-state index contributed by atoms with van der Waals surface area (Å²) in [5, 5.41) is 7.33. The Kier molecular flexibility index (Phi) is 3.41. The lowest BCUT2D eigenvalue weighted by Gasteiger charge is -2.13. The third kappa shape index (κ3) is 2.57. The van der Waals surface area contributed by atoms with E-state index in [9.17, 15) is 13.2 Å². The van der Waals surface area contributed by atoms with Gasteiger partial charge in [-0.3, -0.25) is 9.38 Å². The zero-order chi connectivity index (χ0) is 19.3. The highest BCUT2D eigenvalue weighted by Crippen LogP contribution is 2.37. The third-order valence-corrected chi connectivity index (χ3v) is 4.21. The van der Waals surface area contributed by atoms with Crippen molar-refractivity contribution < 1.29 is 17.6 Å². The number of fused-ring (bicyclic) bond motifs is 3. The van der Waals surface area contributed by atoms with Crippen molar-refractivity contribution in [1.82, 2.24) is 29.5 Å². The van der Waals surface area contributed by atoms with Crippen LogP contribution in [-0.4, -0.2) is 29.5 Å². The maximum Gasteiger partial charge on any atom is 0.417 e. The van der Waals surface area contributed by atoms with Crippen LogP contribution in [0.25, 0.3) is 39.7 Å². The van der Waals surface area contributed by atoms with Gasteiger partial charge in [-0.15, -0.1) is 10.2 Å². The van der Waals surface area contributed by atoms with Crippen molar-refractivity contribution in [3.63, 3.8) is 0 Å². The van der Waals surface area contributed by atoms with Gasteiger partial charge in [-0.25, -0.2) is 9.97 Å². The number of pyridine rings is 3. The predicted molar refractivity (Wildman–Crippen MR) is 92.0 cm³/mol. The molecule has 0 aliphatic rings. The first-order valence-electron chi connectivity index (χ1n) is 8.09. The first-order chi connectivity index (χ1) is 13.5. The van der Waals surface area contributed by atoms with Crippen LogP contribution in [0.5, 0.6) is 0 Å². The van der Waals surface area contributed by atoms with Gasteiger partial charge < -0.3 is 4.42 Å². The van der Waals surface area contributed by atoms with Gasteiger partial charge in [-0.1, -0.05) is 6.07 Å². The minimum Gasteiger partial charge on any atom is -0.422 e. The van der Waals surface area contributed by atoms with Crippen molar-refractivity contribution >= 4 is 16.7 Å². The van der Waals surface area contributed by atoms with Gasteiger partial charge in [0.25, 0.3) is 5.89 Å². The number of aromatic nitrogens is 6. The number of imidazole rings is 1. The maximum absolute atomic E-state index is 13.7. The molecule has 0 aromatic carbocycles. The predicted octanol–water partition coefficient (Wildman–Crippen LogP) is 4.01. The highest BCUT2D eigenvalue weighted by Gasteiger charge is 2.34. The number of halogens is 3. The molecule has 5 aromatic heterocycles. The van der Waals surface area contributed by atoms with E-state index in [0.29, 0.717) is 17.0 Å². The first kappa shape index (κ1) is 16.4. The van der Waals surface area contributed by atoms with Gasteiger partial charge in [-0.2, -0.15) is 13.2 Å². The van der Waals surface area contributed by atoms with E-state index in [0.717, 1.165) is 12.5 Å². The fourth-order valence-corrected chi connectivity index (χ4v) is 3.00. The van der Waals surface area contributed by atoms with Gasteiger partial charge in [-0.05, 0) is 30.3 Å². The molecule has 28 heavy (non-hydrogen) atoms. The van der Waals surface area contributed by atoms with Crippen LogP contribution < -0.4 is 0 Å². The van der Waals surface area contributed by atoms with Crippen LogP contribution >= 0.6 is 0 Å². The second-order valence-corrected chi connectivity index (χ2v) is 5.94. The van der Waals surface area contributed by atoms with Gasteiger partial charge in [0, 0.05) is 17.8 Å². The van der Waals surface area contributed by atoms with Gasteiger partial charge in [0.05, 0.1) is 17.0 Å². The Morgan fingerprint density at radius 2 is 1.86 bits per heavy atom. The molecule has 0 amide bonds. The largest absolute Gasteiger partial charge is 0.422 e. The van der Waals surface area contributed by atoms with E-state index < -0.39 is 11.7 Å². The summed E-state index contributed by atoms with van der Waals surface area (Å²) in [5.74, 6) is 0.161. The van der Waals surface area contributed by atoms with Crippen LogP contribution in [0, 0.1) is 0 Å². The second-order valence-electron chi connectivity index (χ2n) is 5.94. The first-order valence-corrected chi connectivity index (χ1v) is 8.09. The molecule has 0 spiro atoms. The molecule has 0 atom stereocenters. The number of hydrogen-bond acceptors (Lipinski definition) is 6. The van der Waals surface area contributed by atoms with Gasteiger partial charge in [0.15, 0.2) is 0 Å². The second kappa shape index (κ2) is 5.84. The molecular weight excluding hydrogens is 373 g/mol. The summed E-state index contributed by atoms with van der Waals surface area (Å²) >= 11 is 0. The minimum absolute atomic E-state index is 0.0471. The Hall–Kier alpha value is -3.82. The average Bonchev–Trinajstić information content (AvgIpc) is 3.36. The molecule has 0 unspecified atom stereocenters. The summed E-state index contributed by atoms with van der Waals surface area (Å²) in [6, 6.07) is 8.82. The summed E-state index contributed by atoms with van der Waals surface area (Å²) in [5.41, 5.74) is 0.493. The fraction of sp³-hybridized carbons (Fsp3) is 0.0556. The summed E-state index contributed by atoms with van der Waals surface area (Å²) in [6.07, 6.45) is -0.397. The Bertz CT molecular complexity index is 1300. The molecular formula is C18H9F3N6O. The number of rotatable bonds is 2. The lowest BCUT2D eigenvalue weighted by Crippen LogP contribution is -2.08. The summed E-state index contributed by atoms with van der Waals surface area (Å²) in [7, 11) is 0. The molecule has 0 saturated heterocycles. The molecule has 0 radical (unpaired) electrons. The van der Waals surface area contributed by atoms with Crippen LogP contribution in [-0.2, 0) is 6.18 Å². The Labute approximate surface area is 154 Å². The maximum atomic E-state index is 13.7. The highest BCUT2D eigenvalue weighted by molar-refractivity contribution is 5.85. The topological polar surface area (TPSA) is 82.0 Å². The molecule has 0 saturated carbocycles. The zero-order valence-electron chi connectivity index (χ0n) is 13.9. The standard InChI is InChI=1S/C18H9F3N6O/c19-18(20,21)11-7-13(12-3-1-2-6-22-12)25-16-10(11)4-5-15-24-14(8-27(15)16)17-26-23-9-28-17/h1-9H. The van der Waals surface area contributed by atoms with Gasteiger partial charge in [0.2, 0.25) is 6.39 Å². The minimum atomic E-state index is -4.56. The van der Waals surface area contributed by atoms with E-state index in [2.05, 4.69) is 25.1 Å². The summed E-state index contributed by atoms with van der Waals surface area (Å²) in [4.78, 5) is 12.9. The molecule has 5 rings (SSSR count). The SMILES string of the molecule is FC(F)(F)c1cc(-c2ccccn2)nc2c1ccc1nc(-c3nnco3)cn12. The molecule has 0 bridgehead atoms. The van der Waals surface area contributed by atoms with Crippen molar-refractivity contribution in [3.8, 4) is 23.0 Å². The van der Waals surface area contributed by atoms with E-state index in [4.69, 9.17) is 4.42 Å². The van der Waals surface area contributed by atoms with Gasteiger partial charge >= 0.3 is 6.18 Å². The zero-order valence-corrected chi connectivity index (χ0v) is 13.9. The van der Waals surface area contributed by atoms with Gasteiger partial charge in [0.1, 0.15) is 17.0 Å². The monoisotopic (exact) mass is 382 g/mol. The summed E-state index contributed by atoms with van der Waals surface area (Å²) in [6.45, 7) is 0. The number of hydrogen-bond donors (Lipinski definition) is 0. The van der Waals surface area contributed by atoms with Crippen molar-refractivity contribution in [2.24, 2.45) is 0 Å². The van der Waals surface area contributed by atoms with Crippen LogP contribution in [0.4, 0.5) is 13.2 Å². The van der Waals surface area contributed by atoms with Crippen molar-refractivity contribution in [3.05, 3.63) is 60.7 Å². The van der Waals surface area contributed by atoms with E-state index in [-0.39, 0.29) is 22.6 Å². The normalized spacial score (nSPS) is 12.1. The number of nitrogens with zero attached hydrogens (tertiary/aromatic N) is 6. The molecule has 7 nitrogen and oxygen atoms in total. The lowest BCUT2D eigenvalue weighted by atomic mass is 10.1. The van der Waals surface area contributed by atoms with Crippen molar-refractivity contribution in [2.45, 2.75) is 6.18 Å². The lowest BCUT2D eigenvalue weighted by molar-refractivity contribution is -0.136. The van der Waals surface area contributed by atoms with E-state index in [1.165, 1.54) is 28.9 Å². The van der Waals surface area contributed by atoms with E-state index >= 15 is 0 Å². The quantitative estimate of drug-likeness (QED) is 0.459. The Balaban J connectivity index is 1.85. The third-order valence-electron chi connectivity index (χ3n) is 4.21. The molecule has 0 aliphatic heterocycles. The van der Waals surface area contributed by atoms with E-state index in [1.54, 1.807) is 18.2 Å².